The Labute approximate surface area is 114 Å². The van der Waals surface area contributed by atoms with Gasteiger partial charge in [-0.15, -0.1) is 11.3 Å². The van der Waals surface area contributed by atoms with Gasteiger partial charge in [-0.25, -0.2) is 4.68 Å². The van der Waals surface area contributed by atoms with E-state index < -0.39 is 0 Å². The van der Waals surface area contributed by atoms with E-state index in [1.165, 1.54) is 9.56 Å². The summed E-state index contributed by atoms with van der Waals surface area (Å²) in [5.41, 5.74) is 0.315. The van der Waals surface area contributed by atoms with Crippen molar-refractivity contribution in [1.29, 1.82) is 0 Å². The van der Waals surface area contributed by atoms with E-state index in [-0.39, 0.29) is 16.6 Å². The summed E-state index contributed by atoms with van der Waals surface area (Å²) in [6.45, 7) is 4.39. The molecule has 4 nitrogen and oxygen atoms in total. The first-order chi connectivity index (χ1) is 8.63. The Morgan fingerprint density at radius 2 is 2.39 bits per heavy atom. The van der Waals surface area contributed by atoms with E-state index in [4.69, 9.17) is 11.6 Å². The van der Waals surface area contributed by atoms with Gasteiger partial charge in [0.25, 0.3) is 5.56 Å². The standard InChI is InChI=1S/C12H14ClN3OS/c1-3-16-12(17)11(13)9(7-14-16)15-8(2)10-5-4-6-18-10/h4-8,15H,3H2,1-2H3. The van der Waals surface area contributed by atoms with Gasteiger partial charge in [0.1, 0.15) is 5.02 Å². The van der Waals surface area contributed by atoms with Crippen molar-refractivity contribution in [3.05, 3.63) is 44.0 Å². The van der Waals surface area contributed by atoms with Crippen LogP contribution in [-0.4, -0.2) is 9.78 Å². The number of halogens is 1. The van der Waals surface area contributed by atoms with Crippen molar-refractivity contribution in [3.8, 4) is 0 Å². The molecule has 2 rings (SSSR count). The van der Waals surface area contributed by atoms with Crippen molar-refractivity contribution in [2.24, 2.45) is 0 Å². The number of thiophene rings is 1. The Morgan fingerprint density at radius 1 is 1.61 bits per heavy atom. The first-order valence-corrected chi connectivity index (χ1v) is 6.94. The van der Waals surface area contributed by atoms with Crippen LogP contribution in [0.25, 0.3) is 0 Å². The quantitative estimate of drug-likeness (QED) is 0.938. The fourth-order valence-electron chi connectivity index (χ4n) is 1.63. The molecule has 1 unspecified atom stereocenters. The van der Waals surface area contributed by atoms with Crippen LogP contribution in [0, 0.1) is 0 Å². The molecule has 1 N–H and O–H groups in total. The third kappa shape index (κ3) is 2.57. The number of aryl methyl sites for hydroxylation is 1. The normalized spacial score (nSPS) is 12.4. The monoisotopic (exact) mass is 283 g/mol. The van der Waals surface area contributed by atoms with E-state index in [0.717, 1.165) is 0 Å². The van der Waals surface area contributed by atoms with E-state index >= 15 is 0 Å². The van der Waals surface area contributed by atoms with Crippen LogP contribution >= 0.6 is 22.9 Å². The third-order valence-corrected chi connectivity index (χ3v) is 4.05. The molecule has 0 bridgehead atoms. The number of aromatic nitrogens is 2. The molecular formula is C12H14ClN3OS. The largest absolute Gasteiger partial charge is 0.375 e. The molecule has 2 aromatic rings. The maximum Gasteiger partial charge on any atom is 0.287 e. The first kappa shape index (κ1) is 13.1. The van der Waals surface area contributed by atoms with Crippen LogP contribution in [0.5, 0.6) is 0 Å². The van der Waals surface area contributed by atoms with Crippen LogP contribution in [0.4, 0.5) is 5.69 Å². The van der Waals surface area contributed by atoms with Crippen LogP contribution < -0.4 is 10.9 Å². The summed E-state index contributed by atoms with van der Waals surface area (Å²) in [5.74, 6) is 0. The van der Waals surface area contributed by atoms with Crippen LogP contribution in [0.3, 0.4) is 0 Å². The molecular weight excluding hydrogens is 270 g/mol. The van der Waals surface area contributed by atoms with Gasteiger partial charge in [0, 0.05) is 11.4 Å². The molecule has 18 heavy (non-hydrogen) atoms. The summed E-state index contributed by atoms with van der Waals surface area (Å²) in [6, 6.07) is 4.13. The highest BCUT2D eigenvalue weighted by atomic mass is 35.5. The molecule has 0 saturated heterocycles. The highest BCUT2D eigenvalue weighted by Crippen LogP contribution is 2.25. The average Bonchev–Trinajstić information content (AvgIpc) is 2.89. The SMILES string of the molecule is CCn1ncc(NC(C)c2cccs2)c(Cl)c1=O. The zero-order valence-corrected chi connectivity index (χ0v) is 11.8. The molecule has 6 heteroatoms. The molecule has 0 radical (unpaired) electrons. The van der Waals surface area contributed by atoms with E-state index in [1.54, 1.807) is 17.5 Å². The molecule has 0 spiro atoms. The molecule has 0 aliphatic rings. The molecule has 0 saturated carbocycles. The van der Waals surface area contributed by atoms with Crippen molar-refractivity contribution in [1.82, 2.24) is 9.78 Å². The highest BCUT2D eigenvalue weighted by molar-refractivity contribution is 7.10. The average molecular weight is 284 g/mol. The molecule has 0 aromatic carbocycles. The van der Waals surface area contributed by atoms with Crippen molar-refractivity contribution in [2.75, 3.05) is 5.32 Å². The van der Waals surface area contributed by atoms with Gasteiger partial charge in [-0.2, -0.15) is 5.10 Å². The summed E-state index contributed by atoms with van der Waals surface area (Å²) in [7, 11) is 0. The van der Waals surface area contributed by atoms with E-state index in [0.29, 0.717) is 12.2 Å². The first-order valence-electron chi connectivity index (χ1n) is 5.69. The highest BCUT2D eigenvalue weighted by Gasteiger charge is 2.12. The Morgan fingerprint density at radius 3 is 3.00 bits per heavy atom. The van der Waals surface area contributed by atoms with Crippen molar-refractivity contribution < 1.29 is 0 Å². The van der Waals surface area contributed by atoms with Gasteiger partial charge in [-0.1, -0.05) is 17.7 Å². The van der Waals surface area contributed by atoms with Crippen LogP contribution in [0.1, 0.15) is 24.8 Å². The molecule has 96 valence electrons. The van der Waals surface area contributed by atoms with Gasteiger partial charge in [0.05, 0.1) is 17.9 Å². The second kappa shape index (κ2) is 5.54. The summed E-state index contributed by atoms with van der Waals surface area (Å²) >= 11 is 7.71. The van der Waals surface area contributed by atoms with E-state index in [2.05, 4.69) is 10.4 Å². The predicted octanol–water partition coefficient (Wildman–Crippen LogP) is 3.15. The number of anilines is 1. The molecule has 2 heterocycles. The van der Waals surface area contributed by atoms with Crippen molar-refractivity contribution in [3.63, 3.8) is 0 Å². The summed E-state index contributed by atoms with van der Waals surface area (Å²) in [4.78, 5) is 13.0. The summed E-state index contributed by atoms with van der Waals surface area (Å²) in [5, 5.41) is 9.47. The van der Waals surface area contributed by atoms with Crippen LogP contribution in [-0.2, 0) is 6.54 Å². The Balaban J connectivity index is 2.25. The Bertz CT molecular complexity index is 580. The van der Waals surface area contributed by atoms with Gasteiger partial charge in [0.15, 0.2) is 0 Å². The number of nitrogens with one attached hydrogen (secondary N) is 1. The van der Waals surface area contributed by atoms with Gasteiger partial charge >= 0.3 is 0 Å². The molecule has 0 aliphatic carbocycles. The number of rotatable bonds is 4. The number of hydrogen-bond acceptors (Lipinski definition) is 4. The van der Waals surface area contributed by atoms with Gasteiger partial charge in [-0.05, 0) is 25.3 Å². The maximum absolute atomic E-state index is 11.8. The van der Waals surface area contributed by atoms with Gasteiger partial charge in [0.2, 0.25) is 0 Å². The number of hydrogen-bond donors (Lipinski definition) is 1. The zero-order chi connectivity index (χ0) is 13.1. The van der Waals surface area contributed by atoms with Crippen molar-refractivity contribution >= 4 is 28.6 Å². The fourth-order valence-corrected chi connectivity index (χ4v) is 2.57. The van der Waals surface area contributed by atoms with Gasteiger partial charge < -0.3 is 5.32 Å². The van der Waals surface area contributed by atoms with Crippen LogP contribution in [0.15, 0.2) is 28.5 Å². The lowest BCUT2D eigenvalue weighted by Crippen LogP contribution is -2.23. The summed E-state index contributed by atoms with van der Waals surface area (Å²) in [6.07, 6.45) is 1.59. The minimum Gasteiger partial charge on any atom is -0.375 e. The molecule has 0 fully saturated rings. The topological polar surface area (TPSA) is 46.9 Å². The van der Waals surface area contributed by atoms with Gasteiger partial charge in [-0.3, -0.25) is 4.79 Å². The number of nitrogens with zero attached hydrogens (tertiary/aromatic N) is 2. The molecule has 0 aliphatic heterocycles. The Kier molecular flexibility index (Phi) is 4.04. The smallest absolute Gasteiger partial charge is 0.287 e. The second-order valence-electron chi connectivity index (χ2n) is 3.87. The minimum atomic E-state index is -0.262. The second-order valence-corrected chi connectivity index (χ2v) is 5.23. The maximum atomic E-state index is 11.8. The molecule has 0 amide bonds. The molecule has 1 atom stereocenters. The summed E-state index contributed by atoms with van der Waals surface area (Å²) < 4.78 is 1.34. The lowest BCUT2D eigenvalue weighted by molar-refractivity contribution is 0.615. The predicted molar refractivity (Wildman–Crippen MR) is 75.5 cm³/mol. The van der Waals surface area contributed by atoms with E-state index in [1.807, 2.05) is 31.4 Å². The Hall–Kier alpha value is -1.33. The minimum absolute atomic E-state index is 0.0983. The lowest BCUT2D eigenvalue weighted by Gasteiger charge is -2.14. The fraction of sp³-hybridized carbons (Fsp3) is 0.333. The van der Waals surface area contributed by atoms with Crippen molar-refractivity contribution in [2.45, 2.75) is 26.4 Å². The lowest BCUT2D eigenvalue weighted by atomic mass is 10.2. The molecule has 2 aromatic heterocycles. The zero-order valence-electron chi connectivity index (χ0n) is 10.2. The third-order valence-electron chi connectivity index (χ3n) is 2.63. The van der Waals surface area contributed by atoms with E-state index in [9.17, 15) is 4.79 Å². The van der Waals surface area contributed by atoms with Crippen LogP contribution in [0.2, 0.25) is 5.02 Å².